The summed E-state index contributed by atoms with van der Waals surface area (Å²) in [6.45, 7) is 7.22. The molecule has 2 amide bonds. The van der Waals surface area contributed by atoms with Gasteiger partial charge in [0.15, 0.2) is 0 Å². The number of fused-ring (bicyclic) bond motifs is 4. The fraction of sp³-hybridized carbons (Fsp3) is 0.548. The molecule has 0 saturated carbocycles. The molecule has 1 aliphatic rings. The predicted molar refractivity (Wildman–Crippen MR) is 162 cm³/mol. The molecule has 0 unspecified atom stereocenters. The molecule has 9 heteroatoms. The fourth-order valence-electron chi connectivity index (χ4n) is 4.95. The highest BCUT2D eigenvalue weighted by molar-refractivity contribution is 7.92. The van der Waals surface area contributed by atoms with Crippen LogP contribution in [0.5, 0.6) is 0 Å². The highest BCUT2D eigenvalue weighted by Gasteiger charge is 2.22. The molecule has 3 rings (SSSR count). The van der Waals surface area contributed by atoms with Crippen molar-refractivity contribution in [2.75, 3.05) is 30.7 Å². The van der Waals surface area contributed by atoms with Gasteiger partial charge in [0.2, 0.25) is 15.9 Å². The highest BCUT2D eigenvalue weighted by atomic mass is 32.2. The first-order valence-electron chi connectivity index (χ1n) is 14.4. The molecule has 0 aromatic heterocycles. The number of carbonyl (C=O) groups is 2. The average Bonchev–Trinajstić information content (AvgIpc) is 2.90. The number of carbonyl (C=O) groups excluding carboxylic acids is 2. The Kier molecular flexibility index (Phi) is 11.6. The number of rotatable bonds is 10. The molecule has 0 aliphatic carbocycles. The van der Waals surface area contributed by atoms with E-state index in [2.05, 4.69) is 61.0 Å². The second kappa shape index (κ2) is 14.6. The van der Waals surface area contributed by atoms with E-state index >= 15 is 0 Å². The minimum Gasteiger partial charge on any atom is -0.354 e. The first-order chi connectivity index (χ1) is 19.0. The van der Waals surface area contributed by atoms with Crippen LogP contribution in [0, 0.1) is 5.92 Å². The summed E-state index contributed by atoms with van der Waals surface area (Å²) < 4.78 is 25.8. The van der Waals surface area contributed by atoms with Crippen LogP contribution in [-0.2, 0) is 34.1 Å². The fourth-order valence-corrected chi connectivity index (χ4v) is 5.44. The lowest BCUT2D eigenvalue weighted by Gasteiger charge is -2.25. The Morgan fingerprint density at radius 3 is 2.45 bits per heavy atom. The Hall–Kier alpha value is -2.91. The van der Waals surface area contributed by atoms with Crippen molar-refractivity contribution in [3.63, 3.8) is 0 Å². The van der Waals surface area contributed by atoms with Crippen molar-refractivity contribution in [2.24, 2.45) is 5.92 Å². The Morgan fingerprint density at radius 1 is 1.07 bits per heavy atom. The third kappa shape index (κ3) is 9.63. The lowest BCUT2D eigenvalue weighted by atomic mass is 9.97. The molecule has 1 heterocycles. The monoisotopic (exact) mass is 570 g/mol. The molecule has 0 fully saturated rings. The van der Waals surface area contributed by atoms with Gasteiger partial charge in [0.25, 0.3) is 5.91 Å². The normalized spacial score (nSPS) is 17.1. The third-order valence-corrected chi connectivity index (χ3v) is 8.49. The van der Waals surface area contributed by atoms with E-state index < -0.39 is 10.0 Å². The van der Waals surface area contributed by atoms with E-state index in [1.807, 2.05) is 12.1 Å². The zero-order valence-electron chi connectivity index (χ0n) is 24.6. The van der Waals surface area contributed by atoms with Crippen LogP contribution >= 0.6 is 0 Å². The van der Waals surface area contributed by atoms with Gasteiger partial charge >= 0.3 is 0 Å². The largest absolute Gasteiger partial charge is 0.354 e. The molecule has 2 atom stereocenters. The molecule has 0 spiro atoms. The molecular formula is C31H46N4O4S. The van der Waals surface area contributed by atoms with Crippen molar-refractivity contribution < 1.29 is 18.0 Å². The number of anilines is 1. The quantitative estimate of drug-likeness (QED) is 0.403. The molecule has 1 aliphatic heterocycles. The van der Waals surface area contributed by atoms with Crippen molar-refractivity contribution in [1.82, 2.24) is 16.0 Å². The van der Waals surface area contributed by atoms with Gasteiger partial charge in [-0.25, -0.2) is 8.42 Å². The van der Waals surface area contributed by atoms with Gasteiger partial charge in [0.05, 0.1) is 18.0 Å². The molecule has 2 aromatic rings. The minimum atomic E-state index is -3.48. The van der Waals surface area contributed by atoms with Crippen molar-refractivity contribution in [1.29, 1.82) is 0 Å². The van der Waals surface area contributed by atoms with E-state index in [-0.39, 0.29) is 23.9 Å². The van der Waals surface area contributed by atoms with Crippen LogP contribution in [0.2, 0.25) is 0 Å². The second-order valence-corrected chi connectivity index (χ2v) is 13.4. The predicted octanol–water partition coefficient (Wildman–Crippen LogP) is 3.83. The van der Waals surface area contributed by atoms with Gasteiger partial charge in [-0.05, 0) is 79.3 Å². The van der Waals surface area contributed by atoms with Crippen molar-refractivity contribution in [2.45, 2.75) is 77.8 Å². The third-order valence-electron chi connectivity index (χ3n) is 7.28. The van der Waals surface area contributed by atoms with E-state index in [1.54, 1.807) is 6.07 Å². The summed E-state index contributed by atoms with van der Waals surface area (Å²) in [6, 6.07) is 13.2. The van der Waals surface area contributed by atoms with E-state index in [9.17, 15) is 18.0 Å². The van der Waals surface area contributed by atoms with Crippen molar-refractivity contribution >= 4 is 27.5 Å². The Labute approximate surface area is 240 Å². The summed E-state index contributed by atoms with van der Waals surface area (Å²) in [6.07, 6.45) is 6.94. The number of nitrogens with one attached hydrogen (secondary N) is 3. The van der Waals surface area contributed by atoms with Gasteiger partial charge in [-0.3, -0.25) is 13.9 Å². The smallest absolute Gasteiger partial charge is 0.251 e. The molecule has 0 saturated heterocycles. The number of benzene rings is 2. The maximum atomic E-state index is 13.6. The van der Waals surface area contributed by atoms with Crippen LogP contribution in [0.1, 0.15) is 73.5 Å². The van der Waals surface area contributed by atoms with Crippen LogP contribution in [0.3, 0.4) is 0 Å². The van der Waals surface area contributed by atoms with E-state index in [0.717, 1.165) is 49.5 Å². The van der Waals surface area contributed by atoms with Gasteiger partial charge in [-0.2, -0.15) is 0 Å². The number of amides is 2. The van der Waals surface area contributed by atoms with Gasteiger partial charge in [-0.15, -0.1) is 0 Å². The van der Waals surface area contributed by atoms with E-state index in [1.165, 1.54) is 16.9 Å². The van der Waals surface area contributed by atoms with Gasteiger partial charge in [0.1, 0.15) is 0 Å². The first kappa shape index (κ1) is 31.6. The van der Waals surface area contributed by atoms with Crippen LogP contribution in [0.4, 0.5) is 5.69 Å². The maximum absolute atomic E-state index is 13.6. The Morgan fingerprint density at radius 2 is 1.77 bits per heavy atom. The van der Waals surface area contributed by atoms with E-state index in [4.69, 9.17) is 0 Å². The molecular weight excluding hydrogens is 524 g/mol. The molecule has 2 aromatic carbocycles. The molecule has 220 valence electrons. The van der Waals surface area contributed by atoms with Crippen molar-refractivity contribution in [3.05, 3.63) is 64.7 Å². The Bertz CT molecular complexity index is 1260. The molecule has 4 bridgehead atoms. The van der Waals surface area contributed by atoms with Crippen molar-refractivity contribution in [3.8, 4) is 0 Å². The number of sulfonamides is 1. The lowest BCUT2D eigenvalue weighted by molar-refractivity contribution is -0.123. The summed E-state index contributed by atoms with van der Waals surface area (Å²) in [4.78, 5) is 26.5. The van der Waals surface area contributed by atoms with Crippen LogP contribution in [0.25, 0.3) is 0 Å². The molecule has 0 radical (unpaired) electrons. The average molecular weight is 571 g/mol. The summed E-state index contributed by atoms with van der Waals surface area (Å²) >= 11 is 0. The SMILES string of the molecule is CCC[C@H](NC[C@H]1Cc2cccc(c2)CCCCc2cc(cc(N(C)S(C)(=O)=O)c2)C(=O)N1)C(=O)NCC(C)C. The number of hydrogen-bond acceptors (Lipinski definition) is 5. The second-order valence-electron chi connectivity index (χ2n) is 11.4. The van der Waals surface area contributed by atoms with Gasteiger partial charge < -0.3 is 16.0 Å². The van der Waals surface area contributed by atoms with Crippen LogP contribution in [0.15, 0.2) is 42.5 Å². The Balaban J connectivity index is 1.90. The van der Waals surface area contributed by atoms with Crippen LogP contribution < -0.4 is 20.3 Å². The number of aryl methyl sites for hydroxylation is 2. The lowest BCUT2D eigenvalue weighted by Crippen LogP contribution is -2.51. The summed E-state index contributed by atoms with van der Waals surface area (Å²) in [7, 11) is -1.98. The van der Waals surface area contributed by atoms with Gasteiger partial charge in [0, 0.05) is 31.7 Å². The topological polar surface area (TPSA) is 108 Å². The summed E-state index contributed by atoms with van der Waals surface area (Å²) in [5.41, 5.74) is 4.23. The molecule has 8 nitrogen and oxygen atoms in total. The standard InChI is InChI=1S/C31H46N4O4S/c1-6-10-29(31(37)33-20-22(2)3)32-21-27-17-24-14-9-13-23(15-24)11-7-8-12-25-16-26(30(36)34-27)19-28(18-25)35(4)40(5,38)39/h9,13-16,18-19,22,27,29,32H,6-8,10-12,17,20-21H2,1-5H3,(H,33,37)(H,34,36)/t27-,29+/m1/s1. The zero-order chi connectivity index (χ0) is 29.3. The minimum absolute atomic E-state index is 0.0223. The molecule has 40 heavy (non-hydrogen) atoms. The highest BCUT2D eigenvalue weighted by Crippen LogP contribution is 2.23. The summed E-state index contributed by atoms with van der Waals surface area (Å²) in [5, 5.41) is 9.63. The van der Waals surface area contributed by atoms with E-state index in [0.29, 0.717) is 43.1 Å². The molecule has 3 N–H and O–H groups in total. The van der Waals surface area contributed by atoms with Crippen LogP contribution in [-0.4, -0.2) is 58.7 Å². The number of nitrogens with zero attached hydrogens (tertiary/aromatic N) is 1. The first-order valence-corrected chi connectivity index (χ1v) is 16.3. The summed E-state index contributed by atoms with van der Waals surface area (Å²) in [5.74, 6) is 0.0759. The van der Waals surface area contributed by atoms with Gasteiger partial charge in [-0.1, -0.05) is 51.5 Å². The number of hydrogen-bond donors (Lipinski definition) is 3. The maximum Gasteiger partial charge on any atom is 0.251 e. The zero-order valence-corrected chi connectivity index (χ0v) is 25.4.